The van der Waals surface area contributed by atoms with Crippen LogP contribution in [0.2, 0.25) is 0 Å². The molecule has 1 heterocycles. The molecule has 1 N–H and O–H groups in total. The van der Waals surface area contributed by atoms with E-state index in [1.165, 1.54) is 6.07 Å². The average molecular weight is 250 g/mol. The molecule has 0 saturated carbocycles. The van der Waals surface area contributed by atoms with Crippen LogP contribution in [0.5, 0.6) is 0 Å². The lowest BCUT2D eigenvalue weighted by molar-refractivity contribution is 0.0820. The number of carbonyl (C=O) groups is 1. The van der Waals surface area contributed by atoms with Crippen molar-refractivity contribution in [3.63, 3.8) is 0 Å². The molecule has 1 aromatic carbocycles. The summed E-state index contributed by atoms with van der Waals surface area (Å²) in [5.41, 5.74) is 1.12. The molecule has 0 radical (unpaired) electrons. The van der Waals surface area contributed by atoms with Gasteiger partial charge in [0.1, 0.15) is 5.82 Å². The third-order valence-electron chi connectivity index (χ3n) is 3.52. The smallest absolute Gasteiger partial charge is 0.179 e. The van der Waals surface area contributed by atoms with E-state index in [1.54, 1.807) is 19.1 Å². The van der Waals surface area contributed by atoms with Gasteiger partial charge >= 0.3 is 0 Å². The van der Waals surface area contributed by atoms with Crippen LogP contribution in [0.3, 0.4) is 0 Å². The Balaban J connectivity index is 2.11. The first kappa shape index (κ1) is 13.2. The van der Waals surface area contributed by atoms with E-state index in [0.717, 1.165) is 26.2 Å². The van der Waals surface area contributed by atoms with Gasteiger partial charge < -0.3 is 5.32 Å². The minimum Gasteiger partial charge on any atom is -0.314 e. The van der Waals surface area contributed by atoms with E-state index in [4.69, 9.17) is 0 Å². The Morgan fingerprint density at radius 3 is 2.67 bits per heavy atom. The number of rotatable bonds is 3. The summed E-state index contributed by atoms with van der Waals surface area (Å²) >= 11 is 0. The first-order chi connectivity index (χ1) is 8.59. The molecule has 1 aliphatic heterocycles. The number of nitrogens with one attached hydrogen (secondary N) is 1. The Kier molecular flexibility index (Phi) is 4.09. The molecule has 1 fully saturated rings. The zero-order valence-corrected chi connectivity index (χ0v) is 10.9. The van der Waals surface area contributed by atoms with Gasteiger partial charge in [0.2, 0.25) is 0 Å². The zero-order chi connectivity index (χ0) is 13.1. The summed E-state index contributed by atoms with van der Waals surface area (Å²) < 4.78 is 13.2. The van der Waals surface area contributed by atoms with Crippen LogP contribution in [0.15, 0.2) is 18.2 Å². The van der Waals surface area contributed by atoms with E-state index in [2.05, 4.69) is 10.2 Å². The molecule has 1 aliphatic rings. The predicted octanol–water partition coefficient (Wildman–Crippen LogP) is 1.61. The highest BCUT2D eigenvalue weighted by atomic mass is 19.1. The Bertz CT molecular complexity index is 441. The molecule has 1 unspecified atom stereocenters. The highest BCUT2D eigenvalue weighted by Gasteiger charge is 2.23. The van der Waals surface area contributed by atoms with Crippen LogP contribution in [-0.4, -0.2) is 42.9 Å². The quantitative estimate of drug-likeness (QED) is 0.827. The number of ketones is 1. The van der Waals surface area contributed by atoms with E-state index in [0.29, 0.717) is 11.1 Å². The highest BCUT2D eigenvalue weighted by Crippen LogP contribution is 2.14. The van der Waals surface area contributed by atoms with Gasteiger partial charge in [0, 0.05) is 31.7 Å². The minimum atomic E-state index is -0.263. The third-order valence-corrected chi connectivity index (χ3v) is 3.52. The third kappa shape index (κ3) is 2.76. The van der Waals surface area contributed by atoms with Gasteiger partial charge in [-0.05, 0) is 37.6 Å². The van der Waals surface area contributed by atoms with E-state index in [-0.39, 0.29) is 17.6 Å². The largest absolute Gasteiger partial charge is 0.314 e. The van der Waals surface area contributed by atoms with Gasteiger partial charge in [0.05, 0.1) is 6.04 Å². The molecule has 4 heteroatoms. The number of carbonyl (C=O) groups excluding carboxylic acids is 1. The maximum atomic E-state index is 13.2. The molecule has 0 spiro atoms. The van der Waals surface area contributed by atoms with Crippen molar-refractivity contribution in [1.29, 1.82) is 0 Å². The average Bonchev–Trinajstić information content (AvgIpc) is 2.41. The topological polar surface area (TPSA) is 32.3 Å². The summed E-state index contributed by atoms with van der Waals surface area (Å²) in [6.07, 6.45) is 0. The second-order valence-electron chi connectivity index (χ2n) is 4.79. The number of Topliss-reactive ketones (excluding diaryl/α,β-unsaturated/α-hetero) is 1. The monoisotopic (exact) mass is 250 g/mol. The number of hydrogen-bond donors (Lipinski definition) is 1. The minimum absolute atomic E-state index is 0.0694. The molecular weight excluding hydrogens is 231 g/mol. The first-order valence-electron chi connectivity index (χ1n) is 6.34. The second kappa shape index (κ2) is 5.59. The van der Waals surface area contributed by atoms with Gasteiger partial charge in [-0.2, -0.15) is 0 Å². The van der Waals surface area contributed by atoms with E-state index in [9.17, 15) is 9.18 Å². The first-order valence-corrected chi connectivity index (χ1v) is 6.34. The number of piperazine rings is 1. The molecule has 0 bridgehead atoms. The van der Waals surface area contributed by atoms with E-state index in [1.807, 2.05) is 6.92 Å². The maximum Gasteiger partial charge on any atom is 0.179 e. The van der Waals surface area contributed by atoms with Crippen molar-refractivity contribution in [2.24, 2.45) is 0 Å². The lowest BCUT2D eigenvalue weighted by Crippen LogP contribution is -2.50. The molecule has 1 atom stereocenters. The highest BCUT2D eigenvalue weighted by molar-refractivity contribution is 6.00. The van der Waals surface area contributed by atoms with Crippen molar-refractivity contribution in [3.8, 4) is 0 Å². The van der Waals surface area contributed by atoms with Crippen LogP contribution in [0.1, 0.15) is 22.8 Å². The molecule has 2 rings (SSSR count). The van der Waals surface area contributed by atoms with Crippen molar-refractivity contribution < 1.29 is 9.18 Å². The molecule has 18 heavy (non-hydrogen) atoms. The fourth-order valence-corrected chi connectivity index (χ4v) is 2.27. The summed E-state index contributed by atoms with van der Waals surface area (Å²) in [6.45, 7) is 7.20. The summed E-state index contributed by atoms with van der Waals surface area (Å²) in [6, 6.07) is 4.43. The lowest BCUT2D eigenvalue weighted by atomic mass is 10.0. The van der Waals surface area contributed by atoms with Crippen molar-refractivity contribution in [2.75, 3.05) is 26.2 Å². The van der Waals surface area contributed by atoms with Gasteiger partial charge in [0.25, 0.3) is 0 Å². The van der Waals surface area contributed by atoms with Crippen LogP contribution in [0, 0.1) is 12.7 Å². The Labute approximate surface area is 107 Å². The van der Waals surface area contributed by atoms with Crippen molar-refractivity contribution in [1.82, 2.24) is 10.2 Å². The normalized spacial score (nSPS) is 18.6. The Morgan fingerprint density at radius 2 is 2.06 bits per heavy atom. The molecule has 0 amide bonds. The van der Waals surface area contributed by atoms with Crippen LogP contribution in [0.4, 0.5) is 4.39 Å². The SMILES string of the molecule is Cc1cc(C(=O)C(C)N2CCNCC2)ccc1F. The van der Waals surface area contributed by atoms with Gasteiger partial charge in [-0.3, -0.25) is 9.69 Å². The summed E-state index contributed by atoms with van der Waals surface area (Å²) in [5, 5.41) is 3.26. The maximum absolute atomic E-state index is 13.2. The van der Waals surface area contributed by atoms with Crippen LogP contribution < -0.4 is 5.32 Å². The molecular formula is C14H19FN2O. The number of nitrogens with zero attached hydrogens (tertiary/aromatic N) is 1. The molecule has 1 saturated heterocycles. The van der Waals surface area contributed by atoms with Crippen LogP contribution >= 0.6 is 0 Å². The number of hydrogen-bond acceptors (Lipinski definition) is 3. The number of benzene rings is 1. The fourth-order valence-electron chi connectivity index (χ4n) is 2.27. The Hall–Kier alpha value is -1.26. The number of halogens is 1. The molecule has 0 aliphatic carbocycles. The molecule has 0 aromatic heterocycles. The van der Waals surface area contributed by atoms with Crippen LogP contribution in [0.25, 0.3) is 0 Å². The van der Waals surface area contributed by atoms with Gasteiger partial charge in [-0.25, -0.2) is 4.39 Å². The summed E-state index contributed by atoms with van der Waals surface area (Å²) in [5.74, 6) is -0.193. The van der Waals surface area contributed by atoms with Crippen molar-refractivity contribution >= 4 is 5.78 Å². The van der Waals surface area contributed by atoms with Gasteiger partial charge in [-0.1, -0.05) is 0 Å². The van der Waals surface area contributed by atoms with E-state index >= 15 is 0 Å². The zero-order valence-electron chi connectivity index (χ0n) is 10.9. The van der Waals surface area contributed by atoms with E-state index < -0.39 is 0 Å². The Morgan fingerprint density at radius 1 is 1.39 bits per heavy atom. The number of aryl methyl sites for hydroxylation is 1. The van der Waals surface area contributed by atoms with Crippen molar-refractivity contribution in [3.05, 3.63) is 35.1 Å². The van der Waals surface area contributed by atoms with Gasteiger partial charge in [0.15, 0.2) is 5.78 Å². The standard InChI is InChI=1S/C14H19FN2O/c1-10-9-12(3-4-13(10)15)14(18)11(2)17-7-5-16-6-8-17/h3-4,9,11,16H,5-8H2,1-2H3. The van der Waals surface area contributed by atoms with Crippen LogP contribution in [-0.2, 0) is 0 Å². The summed E-state index contributed by atoms with van der Waals surface area (Å²) in [4.78, 5) is 14.5. The predicted molar refractivity (Wildman–Crippen MR) is 69.4 cm³/mol. The second-order valence-corrected chi connectivity index (χ2v) is 4.79. The van der Waals surface area contributed by atoms with Gasteiger partial charge in [-0.15, -0.1) is 0 Å². The molecule has 1 aromatic rings. The fraction of sp³-hybridized carbons (Fsp3) is 0.500. The summed E-state index contributed by atoms with van der Waals surface area (Å²) in [7, 11) is 0. The van der Waals surface area contributed by atoms with Crippen molar-refractivity contribution in [2.45, 2.75) is 19.9 Å². The molecule has 3 nitrogen and oxygen atoms in total. The molecule has 98 valence electrons. The lowest BCUT2D eigenvalue weighted by Gasteiger charge is -2.31.